The highest BCUT2D eigenvalue weighted by atomic mass is 35.5. The lowest BCUT2D eigenvalue weighted by Crippen LogP contribution is -2.01. The molecule has 0 saturated heterocycles. The van der Waals surface area contributed by atoms with Crippen molar-refractivity contribution < 1.29 is 8.95 Å². The minimum atomic E-state index is -1.55. The maximum Gasteiger partial charge on any atom is 0.244 e. The molecule has 1 atom stereocenters. The molecule has 0 saturated carbocycles. The van der Waals surface area contributed by atoms with Crippen molar-refractivity contribution in [3.05, 3.63) is 9.40 Å². The summed E-state index contributed by atoms with van der Waals surface area (Å²) in [6, 6.07) is 0. The van der Waals surface area contributed by atoms with Gasteiger partial charge in [0.1, 0.15) is 5.03 Å². The Morgan fingerprint density at radius 2 is 2.27 bits per heavy atom. The lowest BCUT2D eigenvalue weighted by atomic mass is 10.6. The number of nitrogens with zero attached hydrogens (tertiary/aromatic N) is 1. The van der Waals surface area contributed by atoms with E-state index in [9.17, 15) is 4.21 Å². The molecule has 3 nitrogen and oxygen atoms in total. The van der Waals surface area contributed by atoms with Crippen LogP contribution in [0.3, 0.4) is 0 Å². The van der Waals surface area contributed by atoms with Crippen molar-refractivity contribution >= 4 is 40.1 Å². The number of hydrogen-bond acceptors (Lipinski definition) is 2. The molecule has 0 aromatic carbocycles. The van der Waals surface area contributed by atoms with Gasteiger partial charge < -0.3 is 4.74 Å². The van der Waals surface area contributed by atoms with E-state index in [1.165, 1.54) is 0 Å². The van der Waals surface area contributed by atoms with Gasteiger partial charge in [0.05, 0.1) is 6.61 Å². The standard InChI is InChI=1S/C5H5Cl2NO2S/c1-2-10-5-3(6)4(7)11(9)8-5/h2H2,1H3. The smallest absolute Gasteiger partial charge is 0.244 e. The molecule has 11 heavy (non-hydrogen) atoms. The first-order chi connectivity index (χ1) is 5.16. The minimum Gasteiger partial charge on any atom is -0.476 e. The Hall–Kier alpha value is -0.0600. The molecule has 0 fully saturated rings. The summed E-state index contributed by atoms with van der Waals surface area (Å²) < 4.78 is 19.4. The van der Waals surface area contributed by atoms with Crippen LogP contribution in [0.25, 0.3) is 0 Å². The van der Waals surface area contributed by atoms with Gasteiger partial charge in [-0.25, -0.2) is 4.21 Å². The van der Waals surface area contributed by atoms with Crippen LogP contribution in [0.5, 0.6) is 0 Å². The van der Waals surface area contributed by atoms with Crippen molar-refractivity contribution in [2.45, 2.75) is 6.92 Å². The van der Waals surface area contributed by atoms with Gasteiger partial charge in [-0.15, -0.1) is 4.40 Å². The molecule has 0 spiro atoms. The average molecular weight is 214 g/mol. The van der Waals surface area contributed by atoms with E-state index in [0.717, 1.165) is 0 Å². The largest absolute Gasteiger partial charge is 0.476 e. The first kappa shape index (κ1) is 9.03. The third-order valence-corrected chi connectivity index (χ3v) is 2.95. The van der Waals surface area contributed by atoms with E-state index in [1.54, 1.807) is 6.92 Å². The highest BCUT2D eigenvalue weighted by molar-refractivity contribution is 7.90. The lowest BCUT2D eigenvalue weighted by molar-refractivity contribution is 0.331. The number of rotatable bonds is 1. The molecule has 6 heteroatoms. The van der Waals surface area contributed by atoms with Crippen molar-refractivity contribution in [1.29, 1.82) is 0 Å². The normalized spacial score (nSPS) is 23.9. The van der Waals surface area contributed by atoms with Gasteiger partial charge in [0.25, 0.3) is 0 Å². The zero-order valence-corrected chi connectivity index (χ0v) is 7.96. The first-order valence-electron chi connectivity index (χ1n) is 2.85. The van der Waals surface area contributed by atoms with Gasteiger partial charge in [-0.1, -0.05) is 23.2 Å². The molecule has 1 aliphatic heterocycles. The van der Waals surface area contributed by atoms with Crippen molar-refractivity contribution in [3.8, 4) is 0 Å². The molecular weight excluding hydrogens is 209 g/mol. The second-order valence-corrected chi connectivity index (χ2v) is 3.74. The second kappa shape index (κ2) is 3.56. The van der Waals surface area contributed by atoms with Crippen LogP contribution in [-0.4, -0.2) is 16.7 Å². The van der Waals surface area contributed by atoms with E-state index in [-0.39, 0.29) is 15.3 Å². The van der Waals surface area contributed by atoms with Crippen molar-refractivity contribution in [1.82, 2.24) is 0 Å². The quantitative estimate of drug-likeness (QED) is 0.666. The van der Waals surface area contributed by atoms with E-state index in [4.69, 9.17) is 27.9 Å². The van der Waals surface area contributed by atoms with E-state index in [2.05, 4.69) is 4.40 Å². The predicted molar refractivity (Wildman–Crippen MR) is 45.9 cm³/mol. The van der Waals surface area contributed by atoms with Crippen LogP contribution in [0.2, 0.25) is 0 Å². The Kier molecular flexibility index (Phi) is 2.92. The fourth-order valence-corrected chi connectivity index (χ4v) is 1.69. The molecule has 0 aromatic rings. The van der Waals surface area contributed by atoms with Crippen LogP contribution in [0.15, 0.2) is 13.8 Å². The molecule has 0 aromatic heterocycles. The highest BCUT2D eigenvalue weighted by Crippen LogP contribution is 2.26. The molecule has 0 aliphatic carbocycles. The number of halogens is 2. The SMILES string of the molecule is CCOC1=NS(=O)C(Cl)=C1Cl. The Bertz CT molecular complexity index is 261. The summed E-state index contributed by atoms with van der Waals surface area (Å²) in [6.45, 7) is 2.21. The summed E-state index contributed by atoms with van der Waals surface area (Å²) in [7, 11) is -1.55. The van der Waals surface area contributed by atoms with Crippen molar-refractivity contribution in [2.75, 3.05) is 6.61 Å². The molecule has 1 unspecified atom stereocenters. The van der Waals surface area contributed by atoms with Crippen LogP contribution in [0.1, 0.15) is 6.92 Å². The third-order valence-electron chi connectivity index (χ3n) is 0.961. The fourth-order valence-electron chi connectivity index (χ4n) is 0.543. The Labute approximate surface area is 76.6 Å². The molecule has 1 rings (SSSR count). The maximum absolute atomic E-state index is 10.8. The molecule has 62 valence electrons. The van der Waals surface area contributed by atoms with Crippen LogP contribution in [0, 0.1) is 0 Å². The minimum absolute atomic E-state index is 0.0371. The van der Waals surface area contributed by atoms with E-state index in [0.29, 0.717) is 6.61 Å². The molecular formula is C5H5Cl2NO2S. The highest BCUT2D eigenvalue weighted by Gasteiger charge is 2.23. The molecule has 0 N–H and O–H groups in total. The van der Waals surface area contributed by atoms with Crippen LogP contribution >= 0.6 is 23.2 Å². The summed E-state index contributed by atoms with van der Waals surface area (Å²) >= 11 is 11.1. The van der Waals surface area contributed by atoms with Crippen LogP contribution in [-0.2, 0) is 15.7 Å². The zero-order valence-electron chi connectivity index (χ0n) is 5.63. The third kappa shape index (κ3) is 1.75. The van der Waals surface area contributed by atoms with E-state index < -0.39 is 11.0 Å². The van der Waals surface area contributed by atoms with Gasteiger partial charge in [-0.2, -0.15) is 0 Å². The van der Waals surface area contributed by atoms with Gasteiger partial charge in [0, 0.05) is 0 Å². The van der Waals surface area contributed by atoms with E-state index >= 15 is 0 Å². The van der Waals surface area contributed by atoms with E-state index in [1.807, 2.05) is 0 Å². The summed E-state index contributed by atoms with van der Waals surface area (Å²) in [5.74, 6) is 0.164. The van der Waals surface area contributed by atoms with Crippen molar-refractivity contribution in [2.24, 2.45) is 4.40 Å². The molecule has 1 aliphatic rings. The summed E-state index contributed by atoms with van der Waals surface area (Å²) in [5.41, 5.74) is 0. The molecule has 0 bridgehead atoms. The first-order valence-corrected chi connectivity index (χ1v) is 4.72. The second-order valence-electron chi connectivity index (χ2n) is 1.67. The molecule has 1 heterocycles. The van der Waals surface area contributed by atoms with Crippen LogP contribution < -0.4 is 0 Å². The van der Waals surface area contributed by atoms with Gasteiger partial charge in [0.15, 0.2) is 15.3 Å². The zero-order chi connectivity index (χ0) is 8.43. The van der Waals surface area contributed by atoms with Crippen LogP contribution in [0.4, 0.5) is 0 Å². The maximum atomic E-state index is 10.8. The molecule has 0 radical (unpaired) electrons. The number of hydrogen-bond donors (Lipinski definition) is 0. The van der Waals surface area contributed by atoms with Crippen molar-refractivity contribution in [3.63, 3.8) is 0 Å². The van der Waals surface area contributed by atoms with Gasteiger partial charge >= 0.3 is 0 Å². The number of ether oxygens (including phenoxy) is 1. The van der Waals surface area contributed by atoms with Gasteiger partial charge in [0.2, 0.25) is 5.90 Å². The Morgan fingerprint density at radius 3 is 2.64 bits per heavy atom. The Morgan fingerprint density at radius 1 is 1.64 bits per heavy atom. The average Bonchev–Trinajstić information content (AvgIpc) is 2.19. The monoisotopic (exact) mass is 213 g/mol. The summed E-state index contributed by atoms with van der Waals surface area (Å²) in [4.78, 5) is 0. The molecule has 0 amide bonds. The topological polar surface area (TPSA) is 38.7 Å². The summed E-state index contributed by atoms with van der Waals surface area (Å²) in [5, 5.41) is 0.145. The van der Waals surface area contributed by atoms with Gasteiger partial charge in [-0.05, 0) is 6.92 Å². The van der Waals surface area contributed by atoms with Gasteiger partial charge in [-0.3, -0.25) is 0 Å². The fraction of sp³-hybridized carbons (Fsp3) is 0.400. The summed E-state index contributed by atoms with van der Waals surface area (Å²) in [6.07, 6.45) is 0. The Balaban J connectivity index is 2.85. The predicted octanol–water partition coefficient (Wildman–Crippen LogP) is 1.75. The lowest BCUT2D eigenvalue weighted by Gasteiger charge is -1.98.